The summed E-state index contributed by atoms with van der Waals surface area (Å²) >= 11 is 0. The molecule has 1 N–H and O–H groups in total. The first kappa shape index (κ1) is 18.6. The number of carboxylic acid groups (broad SMARTS) is 1. The minimum absolute atomic E-state index is 0.0694. The summed E-state index contributed by atoms with van der Waals surface area (Å²) in [6, 6.07) is 1.42. The fourth-order valence-corrected chi connectivity index (χ4v) is 2.73. The van der Waals surface area contributed by atoms with Crippen LogP contribution in [0.2, 0.25) is 0 Å². The van der Waals surface area contributed by atoms with Gasteiger partial charge >= 0.3 is 18.3 Å². The van der Waals surface area contributed by atoms with Crippen molar-refractivity contribution in [3.8, 4) is 0 Å². The van der Waals surface area contributed by atoms with Gasteiger partial charge in [0.2, 0.25) is 0 Å². The fourth-order valence-electron chi connectivity index (χ4n) is 2.73. The molecule has 0 aliphatic carbocycles. The molecule has 1 aliphatic heterocycles. The predicted molar refractivity (Wildman–Crippen MR) is 72.1 cm³/mol. The van der Waals surface area contributed by atoms with E-state index in [-0.39, 0.29) is 31.1 Å². The average molecular weight is 355 g/mol. The van der Waals surface area contributed by atoms with Crippen LogP contribution in [-0.4, -0.2) is 29.1 Å². The number of hydrogen-bond donors (Lipinski definition) is 1. The number of carboxylic acids is 1. The molecule has 0 aromatic heterocycles. The Morgan fingerprint density at radius 2 is 1.62 bits per heavy atom. The van der Waals surface area contributed by atoms with Gasteiger partial charge in [0.05, 0.1) is 16.5 Å². The first-order valence-electron chi connectivity index (χ1n) is 7.05. The van der Waals surface area contributed by atoms with Crippen LogP contribution >= 0.6 is 0 Å². The highest BCUT2D eigenvalue weighted by molar-refractivity contribution is 5.74. The van der Waals surface area contributed by atoms with E-state index in [0.29, 0.717) is 18.7 Å². The smallest absolute Gasteiger partial charge is 0.416 e. The number of carbonyl (C=O) groups is 1. The topological polar surface area (TPSA) is 40.5 Å². The molecule has 1 atom stereocenters. The van der Waals surface area contributed by atoms with E-state index in [2.05, 4.69) is 0 Å². The first-order valence-corrected chi connectivity index (χ1v) is 7.05. The van der Waals surface area contributed by atoms with Gasteiger partial charge in [0.15, 0.2) is 0 Å². The Kier molecular flexibility index (Phi) is 4.60. The molecular formula is C15H15F6NO2. The zero-order valence-electron chi connectivity index (χ0n) is 12.6. The lowest BCUT2D eigenvalue weighted by atomic mass is 9.90. The summed E-state index contributed by atoms with van der Waals surface area (Å²) in [5.41, 5.74) is -3.93. The highest BCUT2D eigenvalue weighted by atomic mass is 19.4. The zero-order valence-corrected chi connectivity index (χ0v) is 12.6. The van der Waals surface area contributed by atoms with Gasteiger partial charge in [-0.25, -0.2) is 0 Å². The van der Waals surface area contributed by atoms with Crippen LogP contribution in [0, 0.1) is 5.41 Å². The molecule has 3 nitrogen and oxygen atoms in total. The van der Waals surface area contributed by atoms with Crippen molar-refractivity contribution >= 4 is 5.97 Å². The van der Waals surface area contributed by atoms with Crippen LogP contribution in [0.4, 0.5) is 26.3 Å². The molecule has 0 radical (unpaired) electrons. The van der Waals surface area contributed by atoms with Crippen LogP contribution in [0.5, 0.6) is 0 Å². The largest absolute Gasteiger partial charge is 0.481 e. The van der Waals surface area contributed by atoms with E-state index in [0.717, 1.165) is 0 Å². The van der Waals surface area contributed by atoms with E-state index >= 15 is 0 Å². The van der Waals surface area contributed by atoms with Gasteiger partial charge in [-0.2, -0.15) is 26.3 Å². The van der Waals surface area contributed by atoms with E-state index in [4.69, 9.17) is 5.11 Å². The second kappa shape index (κ2) is 5.94. The molecule has 1 saturated heterocycles. The van der Waals surface area contributed by atoms with Crippen molar-refractivity contribution < 1.29 is 36.2 Å². The van der Waals surface area contributed by atoms with Gasteiger partial charge in [0, 0.05) is 13.1 Å². The van der Waals surface area contributed by atoms with Crippen molar-refractivity contribution in [3.63, 3.8) is 0 Å². The Morgan fingerprint density at radius 1 is 1.12 bits per heavy atom. The molecule has 0 spiro atoms. The minimum Gasteiger partial charge on any atom is -0.481 e. The molecule has 1 heterocycles. The van der Waals surface area contributed by atoms with Crippen molar-refractivity contribution in [1.29, 1.82) is 0 Å². The third-order valence-corrected chi connectivity index (χ3v) is 4.12. The Hall–Kier alpha value is -1.77. The van der Waals surface area contributed by atoms with Crippen molar-refractivity contribution in [3.05, 3.63) is 34.9 Å². The van der Waals surface area contributed by atoms with Crippen LogP contribution in [0.25, 0.3) is 0 Å². The summed E-state index contributed by atoms with van der Waals surface area (Å²) in [5, 5.41) is 9.13. The highest BCUT2D eigenvalue weighted by Gasteiger charge is 2.41. The SMILES string of the molecule is CC1(C(=O)O)CCN(Cc2cc(C(F)(F)F)cc(C(F)(F)F)c2)C1. The molecule has 0 bridgehead atoms. The molecule has 1 aromatic rings. The van der Waals surface area contributed by atoms with Gasteiger partial charge in [-0.1, -0.05) is 0 Å². The van der Waals surface area contributed by atoms with Crippen LogP contribution < -0.4 is 0 Å². The van der Waals surface area contributed by atoms with E-state index in [1.807, 2.05) is 0 Å². The minimum atomic E-state index is -4.89. The number of alkyl halides is 6. The summed E-state index contributed by atoms with van der Waals surface area (Å²) in [6.07, 6.45) is -9.50. The Balaban J connectivity index is 2.29. The second-order valence-corrected chi connectivity index (χ2v) is 6.24. The lowest BCUT2D eigenvalue weighted by Gasteiger charge is -2.21. The van der Waals surface area contributed by atoms with E-state index < -0.39 is 34.9 Å². The zero-order chi connectivity index (χ0) is 18.3. The van der Waals surface area contributed by atoms with Gasteiger partial charge in [0.1, 0.15) is 0 Å². The van der Waals surface area contributed by atoms with Gasteiger partial charge in [-0.15, -0.1) is 0 Å². The summed E-state index contributed by atoms with van der Waals surface area (Å²) < 4.78 is 76.9. The van der Waals surface area contributed by atoms with Gasteiger partial charge in [0.25, 0.3) is 0 Å². The van der Waals surface area contributed by atoms with Crippen molar-refractivity contribution in [2.45, 2.75) is 32.2 Å². The molecule has 1 fully saturated rings. The first-order chi connectivity index (χ1) is 10.8. The predicted octanol–water partition coefficient (Wildman–Crippen LogP) is 4.02. The maximum Gasteiger partial charge on any atom is 0.416 e. The third kappa shape index (κ3) is 4.00. The lowest BCUT2D eigenvalue weighted by Crippen LogP contribution is -2.31. The van der Waals surface area contributed by atoms with Crippen LogP contribution in [0.3, 0.4) is 0 Å². The van der Waals surface area contributed by atoms with Crippen LogP contribution in [0.15, 0.2) is 18.2 Å². The summed E-state index contributed by atoms with van der Waals surface area (Å²) in [4.78, 5) is 12.7. The molecule has 1 aliphatic rings. The number of likely N-dealkylation sites (tertiary alicyclic amines) is 1. The van der Waals surface area contributed by atoms with Crippen molar-refractivity contribution in [2.75, 3.05) is 13.1 Å². The molecule has 9 heteroatoms. The molecule has 2 rings (SSSR count). The maximum absolute atomic E-state index is 12.8. The van der Waals surface area contributed by atoms with E-state index in [1.54, 1.807) is 4.90 Å². The molecular weight excluding hydrogens is 340 g/mol. The number of halogens is 6. The quantitative estimate of drug-likeness (QED) is 0.833. The number of aliphatic carboxylic acids is 1. The summed E-state index contributed by atoms with van der Waals surface area (Å²) in [6.45, 7) is 1.69. The Morgan fingerprint density at radius 3 is 2.00 bits per heavy atom. The summed E-state index contributed by atoms with van der Waals surface area (Å²) in [5.74, 6) is -1.04. The van der Waals surface area contributed by atoms with Crippen molar-refractivity contribution in [2.24, 2.45) is 5.41 Å². The molecule has 134 valence electrons. The molecule has 1 aromatic carbocycles. The molecule has 1 unspecified atom stereocenters. The monoisotopic (exact) mass is 355 g/mol. The number of benzene rings is 1. The van der Waals surface area contributed by atoms with Gasteiger partial charge in [-0.05, 0) is 43.7 Å². The van der Waals surface area contributed by atoms with Crippen LogP contribution in [-0.2, 0) is 23.7 Å². The third-order valence-electron chi connectivity index (χ3n) is 4.12. The second-order valence-electron chi connectivity index (χ2n) is 6.24. The normalized spacial score (nSPS) is 22.8. The van der Waals surface area contributed by atoms with Gasteiger partial charge < -0.3 is 5.11 Å². The van der Waals surface area contributed by atoms with E-state index in [1.165, 1.54) is 6.92 Å². The number of hydrogen-bond acceptors (Lipinski definition) is 2. The Labute approximate surface area is 133 Å². The highest BCUT2D eigenvalue weighted by Crippen LogP contribution is 2.37. The fraction of sp³-hybridized carbons (Fsp3) is 0.533. The number of nitrogens with zero attached hydrogens (tertiary/aromatic N) is 1. The summed E-state index contributed by atoms with van der Waals surface area (Å²) in [7, 11) is 0. The average Bonchev–Trinajstić information content (AvgIpc) is 2.79. The van der Waals surface area contributed by atoms with Gasteiger partial charge in [-0.3, -0.25) is 9.69 Å². The molecule has 24 heavy (non-hydrogen) atoms. The standard InChI is InChI=1S/C15H15F6NO2/c1-13(12(23)24)2-3-22(8-13)7-9-4-10(14(16,17)18)6-11(5-9)15(19,20)21/h4-6H,2-3,7-8H2,1H3,(H,23,24). The molecule has 0 amide bonds. The van der Waals surface area contributed by atoms with E-state index in [9.17, 15) is 31.1 Å². The van der Waals surface area contributed by atoms with Crippen molar-refractivity contribution in [1.82, 2.24) is 4.90 Å². The Bertz CT molecular complexity index is 608. The lowest BCUT2D eigenvalue weighted by molar-refractivity contribution is -0.147. The maximum atomic E-state index is 12.8. The molecule has 0 saturated carbocycles. The number of rotatable bonds is 3. The van der Waals surface area contributed by atoms with Crippen LogP contribution in [0.1, 0.15) is 30.0 Å².